The molecule has 0 saturated heterocycles. The molecule has 0 saturated carbocycles. The quantitative estimate of drug-likeness (QED) is 0.188. The van der Waals surface area contributed by atoms with Gasteiger partial charge in [-0.15, -0.1) is 0 Å². The van der Waals surface area contributed by atoms with Gasteiger partial charge in [0.25, 0.3) is 0 Å². The molecule has 0 aliphatic rings. The highest BCUT2D eigenvalue weighted by Gasteiger charge is 2.22. The molecule has 238 valence electrons. The summed E-state index contributed by atoms with van der Waals surface area (Å²) >= 11 is 0. The van der Waals surface area contributed by atoms with Crippen LogP contribution in [0.1, 0.15) is 0 Å². The average Bonchev–Trinajstić information content (AvgIpc) is 3.88. The summed E-state index contributed by atoms with van der Waals surface area (Å²) in [6, 6.07) is 51.1. The van der Waals surface area contributed by atoms with Gasteiger partial charge in [-0.05, 0) is 30.3 Å². The molecule has 0 bridgehead atoms. The van der Waals surface area contributed by atoms with Crippen LogP contribution in [0.3, 0.4) is 0 Å². The molecular formula is C44H25N5O2. The van der Waals surface area contributed by atoms with Gasteiger partial charge in [-0.2, -0.15) is 9.97 Å². The third kappa shape index (κ3) is 4.18. The Hall–Kier alpha value is -7.12. The molecule has 11 rings (SSSR count). The van der Waals surface area contributed by atoms with Crippen molar-refractivity contribution < 1.29 is 8.83 Å². The zero-order chi connectivity index (χ0) is 33.5. The van der Waals surface area contributed by atoms with Crippen LogP contribution in [0.5, 0.6) is 0 Å². The fourth-order valence-electron chi connectivity index (χ4n) is 7.33. The molecule has 6 aromatic carbocycles. The average molecular weight is 656 g/mol. The summed E-state index contributed by atoms with van der Waals surface area (Å²) in [5.41, 5.74) is 9.31. The van der Waals surface area contributed by atoms with Crippen LogP contribution in [-0.2, 0) is 0 Å². The number of hydrogen-bond acceptors (Lipinski definition) is 6. The molecule has 7 nitrogen and oxygen atoms in total. The van der Waals surface area contributed by atoms with Gasteiger partial charge in [0.15, 0.2) is 22.8 Å². The van der Waals surface area contributed by atoms with Crippen LogP contribution in [0.15, 0.2) is 160 Å². The van der Waals surface area contributed by atoms with Crippen LogP contribution >= 0.6 is 0 Å². The summed E-state index contributed by atoms with van der Waals surface area (Å²) in [7, 11) is 0. The lowest BCUT2D eigenvalue weighted by Gasteiger charge is -2.11. The molecule has 51 heavy (non-hydrogen) atoms. The van der Waals surface area contributed by atoms with Crippen molar-refractivity contribution >= 4 is 65.8 Å². The molecule has 0 N–H and O–H groups in total. The van der Waals surface area contributed by atoms with Gasteiger partial charge in [0.05, 0.1) is 16.4 Å². The highest BCUT2D eigenvalue weighted by atomic mass is 16.3. The molecule has 7 heteroatoms. The van der Waals surface area contributed by atoms with Gasteiger partial charge in [-0.1, -0.05) is 121 Å². The van der Waals surface area contributed by atoms with E-state index in [0.29, 0.717) is 23.2 Å². The first-order valence-electron chi connectivity index (χ1n) is 16.8. The summed E-state index contributed by atoms with van der Waals surface area (Å²) in [5, 5.41) is 5.17. The van der Waals surface area contributed by atoms with Gasteiger partial charge >= 0.3 is 0 Å². The van der Waals surface area contributed by atoms with Crippen molar-refractivity contribution in [2.45, 2.75) is 0 Å². The van der Waals surface area contributed by atoms with Crippen molar-refractivity contribution in [2.75, 3.05) is 0 Å². The van der Waals surface area contributed by atoms with E-state index >= 15 is 0 Å². The normalized spacial score (nSPS) is 11.9. The largest absolute Gasteiger partial charge is 0.454 e. The van der Waals surface area contributed by atoms with Gasteiger partial charge < -0.3 is 8.83 Å². The van der Waals surface area contributed by atoms with E-state index in [9.17, 15) is 0 Å². The third-order valence-corrected chi connectivity index (χ3v) is 9.68. The Labute approximate surface area is 290 Å². The first kappa shape index (κ1) is 27.8. The van der Waals surface area contributed by atoms with Gasteiger partial charge in [0, 0.05) is 38.2 Å². The zero-order valence-corrected chi connectivity index (χ0v) is 27.0. The van der Waals surface area contributed by atoms with E-state index in [-0.39, 0.29) is 0 Å². The van der Waals surface area contributed by atoms with Gasteiger partial charge in [0.1, 0.15) is 22.4 Å². The van der Waals surface area contributed by atoms with Crippen LogP contribution in [-0.4, -0.2) is 24.5 Å². The molecule has 0 amide bonds. The van der Waals surface area contributed by atoms with Gasteiger partial charge in [-0.25, -0.2) is 9.97 Å². The fourth-order valence-corrected chi connectivity index (χ4v) is 7.33. The smallest absolute Gasteiger partial charge is 0.238 e. The number of pyridine rings is 1. The van der Waals surface area contributed by atoms with Crippen molar-refractivity contribution in [3.8, 4) is 40.0 Å². The fraction of sp³-hybridized carbons (Fsp3) is 0. The van der Waals surface area contributed by atoms with E-state index in [1.807, 2.05) is 91.0 Å². The van der Waals surface area contributed by atoms with E-state index in [0.717, 1.165) is 82.6 Å². The zero-order valence-electron chi connectivity index (χ0n) is 27.0. The monoisotopic (exact) mass is 655 g/mol. The molecule has 0 aliphatic carbocycles. The second-order valence-corrected chi connectivity index (χ2v) is 12.6. The van der Waals surface area contributed by atoms with E-state index in [2.05, 4.69) is 65.2 Å². The minimum Gasteiger partial charge on any atom is -0.454 e. The number of hydrogen-bond donors (Lipinski definition) is 0. The Bertz CT molecular complexity index is 3090. The Morgan fingerprint density at radius 1 is 0.392 bits per heavy atom. The Morgan fingerprint density at radius 3 is 1.59 bits per heavy atom. The van der Waals surface area contributed by atoms with Crippen LogP contribution in [0.4, 0.5) is 0 Å². The molecule has 0 spiro atoms. The number of aromatic nitrogens is 5. The topological polar surface area (TPSA) is 82.8 Å². The predicted octanol–water partition coefficient (Wildman–Crippen LogP) is 11.2. The predicted molar refractivity (Wildman–Crippen MR) is 203 cm³/mol. The SMILES string of the molecule is c1ccc(-c2nc(-c3ccc(-c4nc5c6ccccc6oc5c5c4oc4ccccc45)cc3)nc(-n3c4ccccc4c4ccccc43)n2)cc1. The van der Waals surface area contributed by atoms with E-state index in [4.69, 9.17) is 28.8 Å². The second-order valence-electron chi connectivity index (χ2n) is 12.6. The maximum absolute atomic E-state index is 6.49. The first-order chi connectivity index (χ1) is 25.3. The lowest BCUT2D eigenvalue weighted by Crippen LogP contribution is -2.06. The summed E-state index contributed by atoms with van der Waals surface area (Å²) in [5.74, 6) is 1.73. The van der Waals surface area contributed by atoms with Crippen LogP contribution < -0.4 is 0 Å². The molecule has 0 unspecified atom stereocenters. The number of para-hydroxylation sites is 4. The standard InChI is InChI=1S/C44H25N5O2/c1-2-12-27(13-3-1)42-46-43(48-44(47-42)49-33-18-8-4-14-29(33)30-15-5-9-19-34(30)49)28-24-22-26(23-25-28)38-40-37(31-16-6-10-20-35(31)50-40)41-39(45-38)32-17-7-11-21-36(32)51-41/h1-25H. The highest BCUT2D eigenvalue weighted by molar-refractivity contribution is 6.23. The van der Waals surface area contributed by atoms with Gasteiger partial charge in [0.2, 0.25) is 5.95 Å². The van der Waals surface area contributed by atoms with Crippen molar-refractivity contribution in [3.05, 3.63) is 152 Å². The summed E-state index contributed by atoms with van der Waals surface area (Å²) in [6.45, 7) is 0. The molecule has 11 aromatic rings. The number of benzene rings is 6. The van der Waals surface area contributed by atoms with Gasteiger partial charge in [-0.3, -0.25) is 4.57 Å². The van der Waals surface area contributed by atoms with Crippen LogP contribution in [0.2, 0.25) is 0 Å². The molecule has 0 fully saturated rings. The van der Waals surface area contributed by atoms with Crippen molar-refractivity contribution in [3.63, 3.8) is 0 Å². The van der Waals surface area contributed by atoms with Crippen molar-refractivity contribution in [1.29, 1.82) is 0 Å². The maximum Gasteiger partial charge on any atom is 0.238 e. The van der Waals surface area contributed by atoms with E-state index in [1.165, 1.54) is 0 Å². The Morgan fingerprint density at radius 2 is 0.902 bits per heavy atom. The minimum atomic E-state index is 0.559. The molecular weight excluding hydrogens is 631 g/mol. The first-order valence-corrected chi connectivity index (χ1v) is 16.8. The molecule has 0 aliphatic heterocycles. The number of furan rings is 2. The number of fused-ring (bicyclic) bond motifs is 10. The molecule has 0 atom stereocenters. The Kier molecular flexibility index (Phi) is 5.83. The minimum absolute atomic E-state index is 0.559. The maximum atomic E-state index is 6.49. The lowest BCUT2D eigenvalue weighted by atomic mass is 10.0. The van der Waals surface area contributed by atoms with E-state index in [1.54, 1.807) is 0 Å². The van der Waals surface area contributed by atoms with Crippen molar-refractivity contribution in [2.24, 2.45) is 0 Å². The van der Waals surface area contributed by atoms with Crippen LogP contribution in [0.25, 0.3) is 106 Å². The summed E-state index contributed by atoms with van der Waals surface area (Å²) < 4.78 is 15.0. The molecule has 0 radical (unpaired) electrons. The van der Waals surface area contributed by atoms with Crippen molar-refractivity contribution in [1.82, 2.24) is 24.5 Å². The van der Waals surface area contributed by atoms with E-state index < -0.39 is 0 Å². The highest BCUT2D eigenvalue weighted by Crippen LogP contribution is 2.42. The lowest BCUT2D eigenvalue weighted by molar-refractivity contribution is 0.661. The summed E-state index contributed by atoms with van der Waals surface area (Å²) in [4.78, 5) is 20.4. The second kappa shape index (κ2) is 10.7. The number of rotatable bonds is 4. The number of nitrogens with zero attached hydrogens (tertiary/aromatic N) is 5. The summed E-state index contributed by atoms with van der Waals surface area (Å²) in [6.07, 6.45) is 0. The molecule has 5 aromatic heterocycles. The Balaban J connectivity index is 1.11. The molecule has 5 heterocycles. The third-order valence-electron chi connectivity index (χ3n) is 9.68. The van der Waals surface area contributed by atoms with Crippen LogP contribution in [0, 0.1) is 0 Å².